The minimum atomic E-state index is 0.149. The molecule has 22 heavy (non-hydrogen) atoms. The molecule has 3 rings (SSSR count). The first-order valence-corrected chi connectivity index (χ1v) is 8.42. The number of aromatic nitrogens is 1. The van der Waals surface area contributed by atoms with Crippen molar-refractivity contribution in [2.24, 2.45) is 11.1 Å². The van der Waals surface area contributed by atoms with E-state index in [4.69, 9.17) is 10.2 Å². The highest BCUT2D eigenvalue weighted by molar-refractivity contribution is 9.10. The number of likely N-dealkylation sites (tertiary alicyclic amines) is 1. The second kappa shape index (κ2) is 6.14. The summed E-state index contributed by atoms with van der Waals surface area (Å²) in [6, 6.07) is 8.27. The van der Waals surface area contributed by atoms with Crippen molar-refractivity contribution in [1.29, 1.82) is 0 Å². The Morgan fingerprint density at radius 3 is 2.77 bits per heavy atom. The Kier molecular flexibility index (Phi) is 4.39. The van der Waals surface area contributed by atoms with Gasteiger partial charge in [-0.05, 0) is 36.1 Å². The van der Waals surface area contributed by atoms with E-state index in [2.05, 4.69) is 39.7 Å². The van der Waals surface area contributed by atoms with Crippen LogP contribution in [0.3, 0.4) is 0 Å². The van der Waals surface area contributed by atoms with Crippen LogP contribution in [0.4, 0.5) is 0 Å². The summed E-state index contributed by atoms with van der Waals surface area (Å²) in [6.45, 7) is 7.30. The van der Waals surface area contributed by atoms with Crippen molar-refractivity contribution in [2.45, 2.75) is 32.9 Å². The Balaban J connectivity index is 1.68. The highest BCUT2D eigenvalue weighted by Crippen LogP contribution is 2.29. The summed E-state index contributed by atoms with van der Waals surface area (Å²) < 4.78 is 6.68. The van der Waals surface area contributed by atoms with Gasteiger partial charge in [-0.2, -0.15) is 0 Å². The lowest BCUT2D eigenvalue weighted by atomic mass is 9.80. The quantitative estimate of drug-likeness (QED) is 0.903. The first kappa shape index (κ1) is 15.7. The van der Waals surface area contributed by atoms with E-state index < -0.39 is 0 Å². The van der Waals surface area contributed by atoms with Gasteiger partial charge in [0.15, 0.2) is 0 Å². The molecule has 1 unspecified atom stereocenters. The van der Waals surface area contributed by atoms with E-state index in [0.717, 1.165) is 41.8 Å². The van der Waals surface area contributed by atoms with Crippen molar-refractivity contribution in [3.8, 4) is 11.5 Å². The molecule has 5 heteroatoms. The molecule has 4 nitrogen and oxygen atoms in total. The summed E-state index contributed by atoms with van der Waals surface area (Å²) in [4.78, 5) is 7.03. The molecule has 2 aromatic rings. The van der Waals surface area contributed by atoms with Crippen LogP contribution in [-0.4, -0.2) is 29.0 Å². The number of hydrogen-bond donors (Lipinski definition) is 1. The predicted octanol–water partition coefficient (Wildman–Crippen LogP) is 3.66. The van der Waals surface area contributed by atoms with Gasteiger partial charge < -0.3 is 10.2 Å². The lowest BCUT2D eigenvalue weighted by Crippen LogP contribution is -2.52. The van der Waals surface area contributed by atoms with Crippen LogP contribution in [0.1, 0.15) is 26.0 Å². The molecule has 1 atom stereocenters. The number of oxazole rings is 1. The molecule has 1 aromatic heterocycles. The Labute approximate surface area is 139 Å². The topological polar surface area (TPSA) is 55.3 Å². The monoisotopic (exact) mass is 363 g/mol. The van der Waals surface area contributed by atoms with Crippen LogP contribution in [0.5, 0.6) is 0 Å². The van der Waals surface area contributed by atoms with Gasteiger partial charge in [0.2, 0.25) is 5.89 Å². The molecule has 1 aromatic carbocycles. The number of piperidine rings is 1. The maximum atomic E-state index is 6.20. The van der Waals surface area contributed by atoms with Crippen molar-refractivity contribution in [3.05, 3.63) is 40.7 Å². The van der Waals surface area contributed by atoms with Gasteiger partial charge in [0, 0.05) is 35.7 Å². The molecule has 0 bridgehead atoms. The van der Waals surface area contributed by atoms with E-state index in [1.807, 2.05) is 24.3 Å². The van der Waals surface area contributed by atoms with Crippen molar-refractivity contribution >= 4 is 15.9 Å². The van der Waals surface area contributed by atoms with Crippen LogP contribution >= 0.6 is 15.9 Å². The van der Waals surface area contributed by atoms with Crippen LogP contribution in [0.2, 0.25) is 0 Å². The van der Waals surface area contributed by atoms with Gasteiger partial charge in [-0.3, -0.25) is 4.90 Å². The maximum Gasteiger partial charge on any atom is 0.226 e. The van der Waals surface area contributed by atoms with Gasteiger partial charge in [0.1, 0.15) is 6.26 Å². The molecule has 2 N–H and O–H groups in total. The smallest absolute Gasteiger partial charge is 0.226 e. The molecule has 2 heterocycles. The van der Waals surface area contributed by atoms with Gasteiger partial charge in [0.05, 0.1) is 5.69 Å². The third-order valence-corrected chi connectivity index (χ3v) is 4.95. The molecule has 0 radical (unpaired) electrons. The Bertz CT molecular complexity index is 636. The number of nitrogens with zero attached hydrogens (tertiary/aromatic N) is 2. The van der Waals surface area contributed by atoms with Gasteiger partial charge in [0.25, 0.3) is 0 Å². The fourth-order valence-corrected chi connectivity index (χ4v) is 3.22. The van der Waals surface area contributed by atoms with Crippen LogP contribution < -0.4 is 5.73 Å². The molecule has 0 aliphatic carbocycles. The van der Waals surface area contributed by atoms with E-state index in [1.54, 1.807) is 6.26 Å². The number of rotatable bonds is 3. The van der Waals surface area contributed by atoms with Gasteiger partial charge in [-0.25, -0.2) is 4.98 Å². The average molecular weight is 364 g/mol. The summed E-state index contributed by atoms with van der Waals surface area (Å²) in [6.07, 6.45) is 2.79. The minimum Gasteiger partial charge on any atom is -0.444 e. The Morgan fingerprint density at radius 1 is 1.36 bits per heavy atom. The second-order valence-corrected chi connectivity index (χ2v) is 7.66. The van der Waals surface area contributed by atoms with Crippen molar-refractivity contribution in [2.75, 3.05) is 13.1 Å². The molecular weight excluding hydrogens is 342 g/mol. The largest absolute Gasteiger partial charge is 0.444 e. The fraction of sp³-hybridized carbons (Fsp3) is 0.471. The Morgan fingerprint density at radius 2 is 2.09 bits per heavy atom. The van der Waals surface area contributed by atoms with Crippen LogP contribution in [-0.2, 0) is 6.54 Å². The number of hydrogen-bond acceptors (Lipinski definition) is 4. The zero-order valence-corrected chi connectivity index (χ0v) is 14.6. The zero-order valence-electron chi connectivity index (χ0n) is 13.1. The third kappa shape index (κ3) is 3.42. The van der Waals surface area contributed by atoms with Crippen LogP contribution in [0, 0.1) is 5.41 Å². The van der Waals surface area contributed by atoms with E-state index in [9.17, 15) is 0 Å². The summed E-state index contributed by atoms with van der Waals surface area (Å²) in [5.74, 6) is 0.676. The second-order valence-electron chi connectivity index (χ2n) is 6.75. The van der Waals surface area contributed by atoms with Gasteiger partial charge in [-0.1, -0.05) is 29.8 Å². The SMILES string of the molecule is CC1(C)CN(Cc2coc(-c3ccc(Br)cc3)n2)CCC1N. The molecule has 118 valence electrons. The van der Waals surface area contributed by atoms with Crippen molar-refractivity contribution < 1.29 is 4.42 Å². The van der Waals surface area contributed by atoms with Gasteiger partial charge >= 0.3 is 0 Å². The lowest BCUT2D eigenvalue weighted by Gasteiger charge is -2.42. The van der Waals surface area contributed by atoms with Crippen molar-refractivity contribution in [1.82, 2.24) is 9.88 Å². The molecule has 0 spiro atoms. The zero-order chi connectivity index (χ0) is 15.7. The maximum absolute atomic E-state index is 6.20. The third-order valence-electron chi connectivity index (χ3n) is 4.42. The average Bonchev–Trinajstić information content (AvgIpc) is 2.92. The summed E-state index contributed by atoms with van der Waals surface area (Å²) in [5, 5.41) is 0. The summed E-state index contributed by atoms with van der Waals surface area (Å²) in [7, 11) is 0. The molecule has 1 fully saturated rings. The van der Waals surface area contributed by atoms with Crippen LogP contribution in [0.15, 0.2) is 39.4 Å². The number of halogens is 1. The van der Waals surface area contributed by atoms with E-state index in [-0.39, 0.29) is 11.5 Å². The minimum absolute atomic E-state index is 0.149. The number of benzene rings is 1. The highest BCUT2D eigenvalue weighted by Gasteiger charge is 2.33. The molecule has 1 aliphatic rings. The molecule has 0 saturated carbocycles. The van der Waals surface area contributed by atoms with E-state index in [1.165, 1.54) is 0 Å². The summed E-state index contributed by atoms with van der Waals surface area (Å²) in [5.41, 5.74) is 8.32. The molecule has 0 amide bonds. The van der Waals surface area contributed by atoms with Gasteiger partial charge in [-0.15, -0.1) is 0 Å². The standard InChI is InChI=1S/C17H22BrN3O/c1-17(2)11-21(8-7-15(17)19)9-14-10-22-16(20-14)12-3-5-13(18)6-4-12/h3-6,10,15H,7-9,11,19H2,1-2H3. The first-order chi connectivity index (χ1) is 10.4. The molecule has 1 saturated heterocycles. The lowest BCUT2D eigenvalue weighted by molar-refractivity contribution is 0.0889. The number of nitrogens with two attached hydrogens (primary N) is 1. The van der Waals surface area contributed by atoms with Crippen molar-refractivity contribution in [3.63, 3.8) is 0 Å². The fourth-order valence-electron chi connectivity index (χ4n) is 2.95. The van der Waals surface area contributed by atoms with E-state index in [0.29, 0.717) is 5.89 Å². The normalized spacial score (nSPS) is 21.9. The first-order valence-electron chi connectivity index (χ1n) is 7.62. The predicted molar refractivity (Wildman–Crippen MR) is 91.3 cm³/mol. The van der Waals surface area contributed by atoms with Crippen LogP contribution in [0.25, 0.3) is 11.5 Å². The highest BCUT2D eigenvalue weighted by atomic mass is 79.9. The Hall–Kier alpha value is -1.17. The molecular formula is C17H22BrN3O. The molecule has 1 aliphatic heterocycles. The summed E-state index contributed by atoms with van der Waals surface area (Å²) >= 11 is 3.44. The van der Waals surface area contributed by atoms with E-state index >= 15 is 0 Å².